The van der Waals surface area contributed by atoms with Gasteiger partial charge in [-0.15, -0.1) is 17.0 Å². The van der Waals surface area contributed by atoms with Gasteiger partial charge in [0.2, 0.25) is 4.17 Å². The Morgan fingerprint density at radius 3 is 1.50 bits per heavy atom. The summed E-state index contributed by atoms with van der Waals surface area (Å²) in [4.78, 5) is 0. The molecule has 0 fully saturated rings. The fourth-order valence-electron chi connectivity index (χ4n) is 0. The third-order valence-corrected chi connectivity index (χ3v) is 5.20. The van der Waals surface area contributed by atoms with Gasteiger partial charge in [-0.3, -0.25) is 0 Å². The van der Waals surface area contributed by atoms with Crippen molar-refractivity contribution in [2.24, 2.45) is 0 Å². The van der Waals surface area contributed by atoms with Gasteiger partial charge in [-0.1, -0.05) is 13.1 Å². The molecule has 0 rings (SSSR count). The number of aliphatic hydroxyl groups excluding tert-OH is 1. The van der Waals surface area contributed by atoms with Crippen molar-refractivity contribution < 1.29 is 5.11 Å². The van der Waals surface area contributed by atoms with E-state index in [1.807, 2.05) is 0 Å². The Kier molecular flexibility index (Phi) is 22.8. The van der Waals surface area contributed by atoms with E-state index in [4.69, 9.17) is 5.11 Å². The molecule has 0 atom stereocenters. The first-order valence-electron chi connectivity index (χ1n) is 3.48. The summed E-state index contributed by atoms with van der Waals surface area (Å²) in [6.07, 6.45) is -0.167. The van der Waals surface area contributed by atoms with Crippen LogP contribution in [0.1, 0.15) is 13.8 Å². The lowest BCUT2D eigenvalue weighted by molar-refractivity contribution is 0.216. The molecule has 1 nitrogen and oxygen atoms in total. The molecule has 0 amide bonds. The zero-order valence-electron chi connectivity index (χ0n) is 7.42. The molecule has 59 valence electrons. The van der Waals surface area contributed by atoms with Gasteiger partial charge in [0.05, 0.1) is 0 Å². The lowest BCUT2D eigenvalue weighted by Gasteiger charge is -1.80. The molecule has 0 aromatic carbocycles. The van der Waals surface area contributed by atoms with Crippen LogP contribution in [0.15, 0.2) is 0 Å². The van der Waals surface area contributed by atoms with E-state index < -0.39 is 0 Å². The van der Waals surface area contributed by atoms with Crippen molar-refractivity contribution >= 4 is 47.5 Å². The number of hydrogen-bond donors (Lipinski definition) is 1. The molecule has 0 bridgehead atoms. The van der Waals surface area contributed by atoms with Gasteiger partial charge in [0.25, 0.3) is 0 Å². The van der Waals surface area contributed by atoms with Crippen molar-refractivity contribution in [3.05, 3.63) is 0 Å². The predicted octanol–water partition coefficient (Wildman–Crippen LogP) is 1.56. The van der Waals surface area contributed by atoms with Gasteiger partial charge in [-0.25, -0.2) is 0 Å². The van der Waals surface area contributed by atoms with E-state index in [1.165, 1.54) is 4.17 Å². The van der Waals surface area contributed by atoms with E-state index in [-0.39, 0.29) is 31.9 Å². The summed E-state index contributed by atoms with van der Waals surface area (Å²) in [6, 6.07) is 0. The largest absolute Gasteiger partial charge is 1.41 e. The summed E-state index contributed by atoms with van der Waals surface area (Å²) in [5.74, 6) is 0. The molecule has 0 aliphatic heterocycles. The van der Waals surface area contributed by atoms with Crippen molar-refractivity contribution in [3.8, 4) is 0 Å². The molecule has 0 aromatic rings. The van der Waals surface area contributed by atoms with Crippen LogP contribution in [0.25, 0.3) is 0 Å². The van der Waals surface area contributed by atoms with Gasteiger partial charge < -0.3 is 5.11 Å². The van der Waals surface area contributed by atoms with E-state index >= 15 is 0 Å². The molecule has 0 spiro atoms. The van der Waals surface area contributed by atoms with E-state index in [0.717, 1.165) is 0 Å². The van der Waals surface area contributed by atoms with Crippen LogP contribution < -0.4 is 0 Å². The van der Waals surface area contributed by atoms with Crippen LogP contribution in [0, 0.1) is 0 Å². The van der Waals surface area contributed by atoms with E-state index in [9.17, 15) is 0 Å². The smallest absolute Gasteiger partial charge is 0.394 e. The summed E-state index contributed by atoms with van der Waals surface area (Å²) in [5.41, 5.74) is 0. The summed E-state index contributed by atoms with van der Waals surface area (Å²) in [5, 5.41) is 8.06. The van der Waals surface area contributed by atoms with Gasteiger partial charge in [0, 0.05) is 6.10 Å². The molecule has 0 heterocycles. The first kappa shape index (κ1) is 17.5. The first-order chi connectivity index (χ1) is 4.00. The van der Waals surface area contributed by atoms with E-state index in [1.54, 1.807) is 13.8 Å². The molecule has 0 saturated carbocycles. The Morgan fingerprint density at radius 1 is 1.40 bits per heavy atom. The van der Waals surface area contributed by atoms with Gasteiger partial charge in [-0.05, 0) is 13.8 Å². The van der Waals surface area contributed by atoms with Crippen LogP contribution in [0.4, 0.5) is 0 Å². The maximum absolute atomic E-state index is 8.06. The number of hydrogen-bond acceptors (Lipinski definition) is 1. The fraction of sp³-hybridized carbons (Fsp3) is 1.00. The Balaban J connectivity index is -0.0000000910. The zero-order chi connectivity index (χ0) is 7.86. The SMILES string of the molecule is Br.CC(C)O.C[SiH](C)[CH2][Mg+2]. The molecule has 10 heavy (non-hydrogen) atoms. The molecule has 0 saturated heterocycles. The van der Waals surface area contributed by atoms with Gasteiger partial charge >= 0.3 is 21.7 Å². The quantitative estimate of drug-likeness (QED) is 0.688. The minimum Gasteiger partial charge on any atom is -0.394 e. The van der Waals surface area contributed by atoms with Crippen LogP contribution in [0.2, 0.25) is 17.3 Å². The number of aliphatic hydroxyl groups is 1. The van der Waals surface area contributed by atoms with E-state index in [0.29, 0.717) is 0 Å². The normalized spacial score (nSPS) is 8.40. The molecular formula is C6H18BrMgOSi+2. The standard InChI is InChI=1S/C3H8O.C3H9Si.BrH.Mg/c1-3(2)4;1-4(2)3;;/h3-4H,1-2H3;4H,1H2,2-3H3;1H;/q;;;+2. The van der Waals surface area contributed by atoms with Crippen LogP contribution in [0.3, 0.4) is 0 Å². The summed E-state index contributed by atoms with van der Waals surface area (Å²) in [6.45, 7) is 8.18. The average molecular weight is 239 g/mol. The monoisotopic (exact) mass is 237 g/mol. The third-order valence-electron chi connectivity index (χ3n) is 0.577. The van der Waals surface area contributed by atoms with E-state index in [2.05, 4.69) is 34.8 Å². The molecule has 0 unspecified atom stereocenters. The van der Waals surface area contributed by atoms with Crippen LogP contribution in [-0.2, 0) is 0 Å². The number of halogens is 1. The molecule has 4 heteroatoms. The van der Waals surface area contributed by atoms with Crippen molar-refractivity contribution in [3.63, 3.8) is 0 Å². The first-order valence-corrected chi connectivity index (χ1v) is 7.60. The van der Waals surface area contributed by atoms with Crippen molar-refractivity contribution in [2.75, 3.05) is 0 Å². The van der Waals surface area contributed by atoms with Gasteiger partial charge in [0.1, 0.15) is 8.80 Å². The average Bonchev–Trinajstić information content (AvgIpc) is 1.65. The molecule has 1 N–H and O–H groups in total. The molecule has 0 aliphatic rings. The maximum Gasteiger partial charge on any atom is 1.41 e. The summed E-state index contributed by atoms with van der Waals surface area (Å²) in [7, 11) is -0.137. The summed E-state index contributed by atoms with van der Waals surface area (Å²) >= 11 is 2.10. The Morgan fingerprint density at radius 2 is 1.50 bits per heavy atom. The number of rotatable bonds is 1. The van der Waals surface area contributed by atoms with Gasteiger partial charge in [0.15, 0.2) is 0 Å². The van der Waals surface area contributed by atoms with Crippen LogP contribution in [-0.4, -0.2) is 41.7 Å². The van der Waals surface area contributed by atoms with Gasteiger partial charge in [-0.2, -0.15) is 0 Å². The lowest BCUT2D eigenvalue weighted by Crippen LogP contribution is -1.95. The highest BCUT2D eigenvalue weighted by molar-refractivity contribution is 8.93. The molecule has 0 aromatic heterocycles. The van der Waals surface area contributed by atoms with Crippen LogP contribution >= 0.6 is 17.0 Å². The second kappa shape index (κ2) is 13.0. The van der Waals surface area contributed by atoms with Crippen molar-refractivity contribution in [1.82, 2.24) is 0 Å². The second-order valence-corrected chi connectivity index (χ2v) is 7.87. The highest BCUT2D eigenvalue weighted by Crippen LogP contribution is 1.79. The zero-order valence-corrected chi connectivity index (χ0v) is 11.7. The highest BCUT2D eigenvalue weighted by Gasteiger charge is 2.24. The Labute approximate surface area is 89.4 Å². The van der Waals surface area contributed by atoms with Crippen LogP contribution in [0.5, 0.6) is 0 Å². The Hall–Kier alpha value is 1.42. The lowest BCUT2D eigenvalue weighted by atomic mass is 10.5. The topological polar surface area (TPSA) is 20.2 Å². The summed E-state index contributed by atoms with van der Waals surface area (Å²) < 4.78 is 1.47. The molecule has 7 radical (unpaired) electrons. The third kappa shape index (κ3) is 57.1. The maximum atomic E-state index is 8.06. The molecular weight excluding hydrogens is 220 g/mol. The van der Waals surface area contributed by atoms with Crippen molar-refractivity contribution in [2.45, 2.75) is 37.2 Å². The predicted molar refractivity (Wildman–Crippen MR) is 57.1 cm³/mol. The molecule has 0 aliphatic carbocycles. The minimum absolute atomic E-state index is 0. The van der Waals surface area contributed by atoms with Crippen molar-refractivity contribution in [1.29, 1.82) is 0 Å². The second-order valence-electron chi connectivity index (χ2n) is 2.78. The highest BCUT2D eigenvalue weighted by atomic mass is 79.9. The fourth-order valence-corrected chi connectivity index (χ4v) is 0. The minimum atomic E-state index is -0.167. The Bertz CT molecular complexity index is 50.3.